The summed E-state index contributed by atoms with van der Waals surface area (Å²) < 4.78 is 0. The van der Waals surface area contributed by atoms with Gasteiger partial charge >= 0.3 is 96.3 Å². The molecule has 0 radical (unpaired) electrons. The van der Waals surface area contributed by atoms with Gasteiger partial charge in [0.05, 0.1) is 0 Å². The molecule has 0 amide bonds. The Labute approximate surface area is 109 Å². The van der Waals surface area contributed by atoms with Gasteiger partial charge in [0.2, 0.25) is 0 Å². The minimum atomic E-state index is -1.83. The van der Waals surface area contributed by atoms with Crippen LogP contribution in [0.3, 0.4) is 0 Å². The Morgan fingerprint density at radius 1 is 1.14 bits per heavy atom. The molecule has 3 nitrogen and oxygen atoms in total. The van der Waals surface area contributed by atoms with Gasteiger partial charge in [-0.1, -0.05) is 0 Å². The summed E-state index contributed by atoms with van der Waals surface area (Å²) in [4.78, 5) is 8.56. The van der Waals surface area contributed by atoms with Crippen molar-refractivity contribution < 1.29 is 16.4 Å². The normalized spacial score (nSPS) is 3.43. The van der Waals surface area contributed by atoms with Crippen molar-refractivity contribution in [2.45, 2.75) is 0 Å². The van der Waals surface area contributed by atoms with E-state index in [4.69, 9.17) is 15.0 Å². The van der Waals surface area contributed by atoms with Crippen molar-refractivity contribution in [3.63, 3.8) is 0 Å². The molecule has 0 aromatic carbocycles. The van der Waals surface area contributed by atoms with E-state index in [1.54, 1.807) is 0 Å². The second-order valence-electron chi connectivity index (χ2n) is 0.283. The van der Waals surface area contributed by atoms with Gasteiger partial charge in [0.25, 0.3) is 0 Å². The molecule has 0 aromatic heterocycles. The Kier molecular flexibility index (Phi) is 51.3. The van der Waals surface area contributed by atoms with Crippen LogP contribution < -0.4 is 0 Å². The zero-order valence-electron chi connectivity index (χ0n) is 2.80. The first-order valence-electron chi connectivity index (χ1n) is 0.651. The van der Waals surface area contributed by atoms with E-state index in [1.807, 2.05) is 0 Å². The van der Waals surface area contributed by atoms with Crippen LogP contribution in [0.2, 0.25) is 0 Å². The zero-order valence-corrected chi connectivity index (χ0v) is 1.80. The number of carboxylic acid groups (broad SMARTS) is 2. The van der Waals surface area contributed by atoms with Crippen molar-refractivity contribution in [1.82, 2.24) is 0 Å². The third kappa shape index (κ3) is 63.1. The molecule has 0 aliphatic heterocycles. The van der Waals surface area contributed by atoms with E-state index in [0.29, 0.717) is 0 Å². The van der Waals surface area contributed by atoms with Crippen LogP contribution in [-0.2, 0) is 0 Å². The second-order valence-corrected chi connectivity index (χ2v) is 0.283. The van der Waals surface area contributed by atoms with E-state index in [0.717, 1.165) is 0 Å². The van der Waals surface area contributed by atoms with Gasteiger partial charge in [0, 0.05) is 0 Å². The van der Waals surface area contributed by atoms with Crippen LogP contribution in [-0.4, -0.2) is 105 Å². The number of rotatable bonds is 0. The maximum atomic E-state index is 8.56. The Balaban J connectivity index is -0.00000000750. The van der Waals surface area contributed by atoms with Crippen molar-refractivity contribution in [2.75, 3.05) is 0 Å². The average molecular weight is 135 g/mol. The maximum absolute atomic E-state index is 8.56. The topological polar surface area (TPSA) is 57.5 Å². The van der Waals surface area contributed by atoms with Gasteiger partial charge in [-0.3, -0.25) is 0 Å². The van der Waals surface area contributed by atoms with Crippen LogP contribution in [0.5, 0.6) is 0 Å². The van der Waals surface area contributed by atoms with Gasteiger partial charge in [-0.05, 0) is 0 Å². The molecule has 0 fully saturated rings. The van der Waals surface area contributed by atoms with Crippen LogP contribution in [0.25, 0.3) is 0 Å². The number of carbonyl (C=O) groups is 1. The molecule has 0 bridgehead atoms. The summed E-state index contributed by atoms with van der Waals surface area (Å²) in [5.41, 5.74) is 0. The first kappa shape index (κ1) is 22.8. The van der Waals surface area contributed by atoms with Crippen molar-refractivity contribution in [2.24, 2.45) is 0 Å². The fraction of sp³-hybridized carbons (Fsp3) is 0. The molecule has 0 aliphatic carbocycles. The van der Waals surface area contributed by atoms with Crippen molar-refractivity contribution in [1.29, 1.82) is 0 Å². The Bertz CT molecular complexity index is 37.5. The minimum absolute atomic E-state index is 0. The van der Waals surface area contributed by atoms with E-state index in [1.165, 1.54) is 0 Å². The number of hydrogen-bond acceptors (Lipinski definition) is 1. The first-order chi connectivity index (χ1) is 1.73. The van der Waals surface area contributed by atoms with Gasteiger partial charge in [-0.25, -0.2) is 4.79 Å². The van der Waals surface area contributed by atoms with E-state index in [-0.39, 0.29) is 90.1 Å². The summed E-state index contributed by atoms with van der Waals surface area (Å²) in [6.07, 6.45) is -1.83. The SMILES string of the molecule is O=C(O)O.[H+].[NaH].[NaH].[NaH]. The molecular weight excluding hydrogens is 129 g/mol. The van der Waals surface area contributed by atoms with Crippen LogP contribution in [0.4, 0.5) is 4.79 Å². The molecule has 0 atom stereocenters. The molecule has 0 saturated carbocycles. The third-order valence-electron chi connectivity index (χ3n) is 0. The summed E-state index contributed by atoms with van der Waals surface area (Å²) >= 11 is 0. The van der Waals surface area contributed by atoms with E-state index >= 15 is 0 Å². The second kappa shape index (κ2) is 15.7. The Morgan fingerprint density at radius 2 is 1.14 bits per heavy atom. The summed E-state index contributed by atoms with van der Waals surface area (Å²) in [5, 5.41) is 13.9. The van der Waals surface area contributed by atoms with Crippen LogP contribution >= 0.6 is 0 Å². The van der Waals surface area contributed by atoms with Crippen molar-refractivity contribution in [3.05, 3.63) is 0 Å². The van der Waals surface area contributed by atoms with Gasteiger partial charge in [-0.2, -0.15) is 0 Å². The monoisotopic (exact) mass is 135 g/mol. The summed E-state index contributed by atoms with van der Waals surface area (Å²) in [5.74, 6) is 0. The average Bonchev–Trinajstić information content (AvgIpc) is 0.811. The van der Waals surface area contributed by atoms with Crippen molar-refractivity contribution >= 4 is 94.8 Å². The van der Waals surface area contributed by atoms with Crippen LogP contribution in [0.1, 0.15) is 1.43 Å². The third-order valence-corrected chi connectivity index (χ3v) is 0. The van der Waals surface area contributed by atoms with Gasteiger partial charge in [0.1, 0.15) is 0 Å². The Morgan fingerprint density at radius 3 is 1.14 bits per heavy atom. The standard InChI is InChI=1S/CH2O3.3Na.3H/c2-1(3)4;;;;;;/h(H2,2,3,4);;;;;;/p+1. The van der Waals surface area contributed by atoms with Gasteiger partial charge < -0.3 is 10.2 Å². The summed E-state index contributed by atoms with van der Waals surface area (Å²) in [7, 11) is 0. The van der Waals surface area contributed by atoms with Gasteiger partial charge in [0.15, 0.2) is 0 Å². The molecule has 30 valence electrons. The molecule has 0 aliphatic rings. The predicted molar refractivity (Wildman–Crippen MR) is 33.2 cm³/mol. The van der Waals surface area contributed by atoms with Gasteiger partial charge in [-0.15, -0.1) is 0 Å². The van der Waals surface area contributed by atoms with Crippen LogP contribution in [0.15, 0.2) is 0 Å². The first-order valence-corrected chi connectivity index (χ1v) is 0.651. The fourth-order valence-corrected chi connectivity index (χ4v) is 0. The van der Waals surface area contributed by atoms with E-state index in [9.17, 15) is 0 Å². The molecule has 0 spiro atoms. The molecule has 0 aromatic rings. The molecular formula is CH6Na3O3+. The molecule has 0 heterocycles. The molecule has 0 unspecified atom stereocenters. The zero-order chi connectivity index (χ0) is 3.58. The number of hydrogen-bond donors (Lipinski definition) is 2. The van der Waals surface area contributed by atoms with Crippen LogP contribution in [0, 0.1) is 0 Å². The van der Waals surface area contributed by atoms with E-state index in [2.05, 4.69) is 0 Å². The molecule has 6 heteroatoms. The molecule has 0 saturated heterocycles. The van der Waals surface area contributed by atoms with E-state index < -0.39 is 6.16 Å². The molecule has 7 heavy (non-hydrogen) atoms. The summed E-state index contributed by atoms with van der Waals surface area (Å²) in [6, 6.07) is 0. The molecule has 2 N–H and O–H groups in total. The predicted octanol–water partition coefficient (Wildman–Crippen LogP) is -1.61. The summed E-state index contributed by atoms with van der Waals surface area (Å²) in [6.45, 7) is 0. The quantitative estimate of drug-likeness (QED) is 0.393. The fourth-order valence-electron chi connectivity index (χ4n) is 0. The van der Waals surface area contributed by atoms with Crippen molar-refractivity contribution in [3.8, 4) is 0 Å². The molecule has 0 rings (SSSR count). The Hall–Kier alpha value is 2.27.